The first-order valence-corrected chi connectivity index (χ1v) is 8.51. The molecule has 116 valence electrons. The highest BCUT2D eigenvalue weighted by atomic mass is 32.2. The van der Waals surface area contributed by atoms with Crippen molar-refractivity contribution >= 4 is 29.0 Å². The van der Waals surface area contributed by atoms with E-state index in [4.69, 9.17) is 10.5 Å². The number of benzene rings is 1. The number of carbonyl (C=O) groups is 1. The lowest BCUT2D eigenvalue weighted by Gasteiger charge is -2.16. The van der Waals surface area contributed by atoms with E-state index in [9.17, 15) is 4.79 Å². The van der Waals surface area contributed by atoms with Crippen molar-refractivity contribution < 1.29 is 9.53 Å². The van der Waals surface area contributed by atoms with Crippen LogP contribution in [0.1, 0.15) is 32.6 Å². The summed E-state index contributed by atoms with van der Waals surface area (Å²) in [6.45, 7) is 1.96. The lowest BCUT2D eigenvalue weighted by molar-refractivity contribution is -0.115. The number of ether oxygens (including phenoxy) is 1. The Bertz CT molecular complexity index is 487. The third-order valence-electron chi connectivity index (χ3n) is 3.91. The molecule has 1 amide bonds. The van der Waals surface area contributed by atoms with Crippen LogP contribution < -0.4 is 15.8 Å². The van der Waals surface area contributed by atoms with Gasteiger partial charge in [-0.2, -0.15) is 0 Å². The number of methoxy groups -OCH3 is 1. The second-order valence-corrected chi connectivity index (χ2v) is 6.95. The lowest BCUT2D eigenvalue weighted by atomic mass is 10.1. The zero-order valence-electron chi connectivity index (χ0n) is 12.7. The predicted octanol–water partition coefficient (Wildman–Crippen LogP) is 3.53. The summed E-state index contributed by atoms with van der Waals surface area (Å²) in [7, 11) is 1.57. The third kappa shape index (κ3) is 4.56. The second kappa shape index (κ2) is 7.59. The first-order chi connectivity index (χ1) is 10.1. The fourth-order valence-electron chi connectivity index (χ4n) is 2.58. The van der Waals surface area contributed by atoms with Crippen molar-refractivity contribution in [3.8, 4) is 5.75 Å². The number of hydrogen-bond donors (Lipinski definition) is 2. The third-order valence-corrected chi connectivity index (χ3v) is 5.29. The van der Waals surface area contributed by atoms with Crippen molar-refractivity contribution in [3.63, 3.8) is 0 Å². The van der Waals surface area contributed by atoms with Gasteiger partial charge in [0.05, 0.1) is 18.0 Å². The van der Waals surface area contributed by atoms with Crippen molar-refractivity contribution in [2.24, 2.45) is 5.92 Å². The molecule has 1 unspecified atom stereocenters. The average Bonchev–Trinajstić information content (AvgIpc) is 2.99. The minimum atomic E-state index is -0.0622. The minimum Gasteiger partial charge on any atom is -0.494 e. The standard InChI is InChI=1S/C16H24N2O2S/c1-11(21-10-12-5-3-4-6-12)16(19)18-14-8-7-13(17)9-15(14)20-2/h7-9,11-12H,3-6,10,17H2,1-2H3,(H,18,19). The summed E-state index contributed by atoms with van der Waals surface area (Å²) < 4.78 is 5.25. The van der Waals surface area contributed by atoms with Crippen LogP contribution in [0.5, 0.6) is 5.75 Å². The number of nitrogens with two attached hydrogens (primary N) is 1. The molecule has 1 aliphatic rings. The van der Waals surface area contributed by atoms with Gasteiger partial charge in [0.15, 0.2) is 0 Å². The van der Waals surface area contributed by atoms with E-state index in [0.29, 0.717) is 17.1 Å². The van der Waals surface area contributed by atoms with Crippen molar-refractivity contribution in [2.75, 3.05) is 23.9 Å². The molecule has 2 rings (SSSR count). The number of nitrogens with one attached hydrogen (secondary N) is 1. The largest absolute Gasteiger partial charge is 0.494 e. The molecule has 21 heavy (non-hydrogen) atoms. The van der Waals surface area contributed by atoms with Crippen LogP contribution in [0.4, 0.5) is 11.4 Å². The van der Waals surface area contributed by atoms with Crippen molar-refractivity contribution in [1.82, 2.24) is 0 Å². The van der Waals surface area contributed by atoms with Gasteiger partial charge < -0.3 is 15.8 Å². The van der Waals surface area contributed by atoms with Gasteiger partial charge in [-0.3, -0.25) is 4.79 Å². The smallest absolute Gasteiger partial charge is 0.237 e. The van der Waals surface area contributed by atoms with Gasteiger partial charge in [0.2, 0.25) is 5.91 Å². The summed E-state index contributed by atoms with van der Waals surface area (Å²) >= 11 is 1.74. The molecule has 1 fully saturated rings. The van der Waals surface area contributed by atoms with Crippen LogP contribution in [-0.4, -0.2) is 24.0 Å². The maximum atomic E-state index is 12.3. The van der Waals surface area contributed by atoms with Crippen molar-refractivity contribution in [2.45, 2.75) is 37.9 Å². The van der Waals surface area contributed by atoms with Crippen LogP contribution in [0, 0.1) is 5.92 Å². The zero-order chi connectivity index (χ0) is 15.2. The van der Waals surface area contributed by atoms with E-state index in [-0.39, 0.29) is 11.2 Å². The Kier molecular flexibility index (Phi) is 5.79. The molecule has 0 aromatic heterocycles. The molecule has 1 atom stereocenters. The summed E-state index contributed by atoms with van der Waals surface area (Å²) in [4.78, 5) is 12.3. The highest BCUT2D eigenvalue weighted by Crippen LogP contribution is 2.30. The van der Waals surface area contributed by atoms with Crippen molar-refractivity contribution in [1.29, 1.82) is 0 Å². The van der Waals surface area contributed by atoms with Gasteiger partial charge in [0.25, 0.3) is 0 Å². The highest BCUT2D eigenvalue weighted by molar-refractivity contribution is 8.00. The summed E-state index contributed by atoms with van der Waals surface area (Å²) in [6.07, 6.45) is 5.31. The molecule has 0 aliphatic heterocycles. The number of thioether (sulfide) groups is 1. The van der Waals surface area contributed by atoms with Crippen LogP contribution in [0.3, 0.4) is 0 Å². The molecule has 4 nitrogen and oxygen atoms in total. The molecule has 1 saturated carbocycles. The fourth-order valence-corrected chi connectivity index (χ4v) is 3.68. The molecule has 1 aromatic carbocycles. The molecule has 0 saturated heterocycles. The van der Waals surface area contributed by atoms with Gasteiger partial charge in [0.1, 0.15) is 5.75 Å². The molecule has 3 N–H and O–H groups in total. The van der Waals surface area contributed by atoms with Gasteiger partial charge in [0, 0.05) is 11.8 Å². The van der Waals surface area contributed by atoms with Gasteiger partial charge in [-0.15, -0.1) is 11.8 Å². The molecule has 1 aliphatic carbocycles. The van der Waals surface area contributed by atoms with E-state index in [1.54, 1.807) is 37.1 Å². The molecule has 0 radical (unpaired) electrons. The van der Waals surface area contributed by atoms with E-state index in [2.05, 4.69) is 5.32 Å². The number of carbonyl (C=O) groups excluding carboxylic acids is 1. The minimum absolute atomic E-state index is 0.0149. The topological polar surface area (TPSA) is 64.3 Å². The number of anilines is 2. The fraction of sp³-hybridized carbons (Fsp3) is 0.562. The zero-order valence-corrected chi connectivity index (χ0v) is 13.5. The molecular formula is C16H24N2O2S. The average molecular weight is 308 g/mol. The van der Waals surface area contributed by atoms with E-state index < -0.39 is 0 Å². The van der Waals surface area contributed by atoms with E-state index >= 15 is 0 Å². The van der Waals surface area contributed by atoms with Crippen LogP contribution in [0.2, 0.25) is 0 Å². The van der Waals surface area contributed by atoms with Gasteiger partial charge >= 0.3 is 0 Å². The number of rotatable bonds is 6. The maximum Gasteiger partial charge on any atom is 0.237 e. The van der Waals surface area contributed by atoms with E-state index in [1.807, 2.05) is 6.92 Å². The molecule has 0 bridgehead atoms. The second-order valence-electron chi connectivity index (χ2n) is 5.58. The first kappa shape index (κ1) is 16.0. The Morgan fingerprint density at radius 3 is 2.86 bits per heavy atom. The number of hydrogen-bond acceptors (Lipinski definition) is 4. The van der Waals surface area contributed by atoms with Crippen LogP contribution in [0.15, 0.2) is 18.2 Å². The number of nitrogen functional groups attached to an aromatic ring is 1. The quantitative estimate of drug-likeness (QED) is 0.789. The van der Waals surface area contributed by atoms with Gasteiger partial charge in [-0.1, -0.05) is 12.8 Å². The summed E-state index contributed by atoms with van der Waals surface area (Å²) in [6, 6.07) is 5.25. The lowest BCUT2D eigenvalue weighted by Crippen LogP contribution is -2.23. The van der Waals surface area contributed by atoms with Gasteiger partial charge in [-0.05, 0) is 43.6 Å². The van der Waals surface area contributed by atoms with Gasteiger partial charge in [-0.25, -0.2) is 0 Å². The van der Waals surface area contributed by atoms with Crippen LogP contribution in [0.25, 0.3) is 0 Å². The Labute approximate surface area is 130 Å². The van der Waals surface area contributed by atoms with Crippen molar-refractivity contribution in [3.05, 3.63) is 18.2 Å². The maximum absolute atomic E-state index is 12.3. The Morgan fingerprint density at radius 1 is 1.48 bits per heavy atom. The molecule has 1 aromatic rings. The molecule has 0 heterocycles. The Balaban J connectivity index is 1.87. The van der Waals surface area contributed by atoms with E-state index in [0.717, 1.165) is 11.7 Å². The molecular weight excluding hydrogens is 284 g/mol. The highest BCUT2D eigenvalue weighted by Gasteiger charge is 2.20. The van der Waals surface area contributed by atoms with Crippen LogP contribution >= 0.6 is 11.8 Å². The Hall–Kier alpha value is -1.36. The SMILES string of the molecule is COc1cc(N)ccc1NC(=O)C(C)SCC1CCCC1. The van der Waals surface area contributed by atoms with Crippen LogP contribution in [-0.2, 0) is 4.79 Å². The normalized spacial score (nSPS) is 16.7. The molecule has 0 spiro atoms. The summed E-state index contributed by atoms with van der Waals surface area (Å²) in [5, 5.41) is 2.86. The summed E-state index contributed by atoms with van der Waals surface area (Å²) in [5.74, 6) is 2.47. The monoisotopic (exact) mass is 308 g/mol. The number of amides is 1. The molecule has 5 heteroatoms. The predicted molar refractivity (Wildman–Crippen MR) is 89.9 cm³/mol. The summed E-state index contributed by atoms with van der Waals surface area (Å²) in [5.41, 5.74) is 7.00. The first-order valence-electron chi connectivity index (χ1n) is 7.46. The Morgan fingerprint density at radius 2 is 2.19 bits per heavy atom. The van der Waals surface area contributed by atoms with E-state index in [1.165, 1.54) is 25.7 Å².